The van der Waals surface area contributed by atoms with Crippen LogP contribution in [0, 0.1) is 10.1 Å². The number of hydrogen-bond acceptors (Lipinski definition) is 8. The van der Waals surface area contributed by atoms with Crippen LogP contribution in [-0.4, -0.2) is 36.3 Å². The summed E-state index contributed by atoms with van der Waals surface area (Å²) in [6.07, 6.45) is 0.238. The Kier molecular flexibility index (Phi) is 7.04. The largest absolute Gasteiger partial charge is 0.513 e. The Morgan fingerprint density at radius 1 is 1.17 bits per heavy atom. The molecule has 160 valence electrons. The Hall–Kier alpha value is -2.94. The fraction of sp³-hybridized carbons (Fsp3) is 0.316. The van der Waals surface area contributed by atoms with Gasteiger partial charge < -0.3 is 18.5 Å². The summed E-state index contributed by atoms with van der Waals surface area (Å²) in [6.45, 7) is 2.30. The molecule has 0 bridgehead atoms. The molecular formula is C19H21N2O8P. The van der Waals surface area contributed by atoms with Crippen molar-refractivity contribution in [3.63, 3.8) is 0 Å². The van der Waals surface area contributed by atoms with Crippen LogP contribution in [0.25, 0.3) is 0 Å². The second kappa shape index (κ2) is 9.71. The summed E-state index contributed by atoms with van der Waals surface area (Å²) in [6, 6.07) is 12.3. The van der Waals surface area contributed by atoms with Gasteiger partial charge >= 0.3 is 13.7 Å². The smallest absolute Gasteiger partial charge is 0.459 e. The monoisotopic (exact) mass is 436 g/mol. The average Bonchev–Trinajstić information content (AvgIpc) is 3.22. The van der Waals surface area contributed by atoms with Gasteiger partial charge in [-0.25, -0.2) is 4.57 Å². The van der Waals surface area contributed by atoms with E-state index in [1.165, 1.54) is 31.2 Å². The van der Waals surface area contributed by atoms with Crippen LogP contribution in [0.4, 0.5) is 5.69 Å². The van der Waals surface area contributed by atoms with Crippen LogP contribution in [-0.2, 0) is 18.8 Å². The molecule has 0 radical (unpaired) electrons. The molecule has 30 heavy (non-hydrogen) atoms. The van der Waals surface area contributed by atoms with E-state index in [4.69, 9.17) is 18.5 Å². The number of para-hydroxylation sites is 1. The molecule has 0 saturated carbocycles. The highest BCUT2D eigenvalue weighted by Crippen LogP contribution is 2.45. The first-order valence-electron chi connectivity index (χ1n) is 9.19. The van der Waals surface area contributed by atoms with Gasteiger partial charge in [-0.05, 0) is 31.2 Å². The number of rotatable bonds is 9. The highest BCUT2D eigenvalue weighted by Gasteiger charge is 2.35. The van der Waals surface area contributed by atoms with E-state index in [2.05, 4.69) is 5.09 Å². The number of non-ortho nitro benzene ring substituents is 1. The van der Waals surface area contributed by atoms with Crippen molar-refractivity contribution in [2.24, 2.45) is 0 Å². The Morgan fingerprint density at radius 3 is 2.37 bits per heavy atom. The number of nitro benzene ring substituents is 1. The van der Waals surface area contributed by atoms with Crippen molar-refractivity contribution in [2.45, 2.75) is 25.5 Å². The molecule has 3 unspecified atom stereocenters. The molecule has 1 saturated heterocycles. The van der Waals surface area contributed by atoms with Crippen LogP contribution in [0.2, 0.25) is 0 Å². The van der Waals surface area contributed by atoms with Crippen LogP contribution in [0.15, 0.2) is 54.6 Å². The van der Waals surface area contributed by atoms with Gasteiger partial charge in [0.05, 0.1) is 18.1 Å². The molecule has 1 aliphatic rings. The number of ether oxygens (including phenoxy) is 2. The second-order valence-electron chi connectivity index (χ2n) is 6.52. The summed E-state index contributed by atoms with van der Waals surface area (Å²) >= 11 is 0. The first-order valence-corrected chi connectivity index (χ1v) is 10.7. The van der Waals surface area contributed by atoms with E-state index in [-0.39, 0.29) is 23.3 Å². The third-order valence-corrected chi connectivity index (χ3v) is 5.72. The number of carbonyl (C=O) groups excluding carboxylic acids is 1. The number of nitro groups is 1. The lowest BCUT2D eigenvalue weighted by Crippen LogP contribution is -2.37. The Labute approximate surface area is 172 Å². The molecule has 1 heterocycles. The summed E-state index contributed by atoms with van der Waals surface area (Å²) < 4.78 is 34.9. The minimum atomic E-state index is -4.11. The van der Waals surface area contributed by atoms with Gasteiger partial charge in [0.25, 0.3) is 5.69 Å². The van der Waals surface area contributed by atoms with Crippen LogP contribution < -0.4 is 14.1 Å². The number of nitrogens with one attached hydrogen (secondary N) is 1. The van der Waals surface area contributed by atoms with Crippen LogP contribution in [0.3, 0.4) is 0 Å². The zero-order chi connectivity index (χ0) is 21.6. The van der Waals surface area contributed by atoms with E-state index >= 15 is 0 Å². The molecule has 11 heteroatoms. The van der Waals surface area contributed by atoms with Crippen molar-refractivity contribution in [1.29, 1.82) is 0 Å². The van der Waals surface area contributed by atoms with Gasteiger partial charge in [0.15, 0.2) is 0 Å². The number of hydrogen-bond donors (Lipinski definition) is 1. The van der Waals surface area contributed by atoms with E-state index < -0.39 is 24.7 Å². The summed E-state index contributed by atoms with van der Waals surface area (Å²) in [5.74, 6) is -0.313. The Morgan fingerprint density at radius 2 is 1.80 bits per heavy atom. The molecule has 2 aromatic rings. The first-order chi connectivity index (χ1) is 14.3. The van der Waals surface area contributed by atoms with Crippen LogP contribution in [0.5, 0.6) is 11.5 Å². The Bertz CT molecular complexity index is 916. The van der Waals surface area contributed by atoms with Crippen molar-refractivity contribution < 1.29 is 32.8 Å². The molecule has 1 N–H and O–H groups in total. The molecule has 0 spiro atoms. The van der Waals surface area contributed by atoms with Gasteiger partial charge in [-0.2, -0.15) is 5.09 Å². The summed E-state index contributed by atoms with van der Waals surface area (Å²) in [4.78, 5) is 22.6. The van der Waals surface area contributed by atoms with Gasteiger partial charge in [-0.3, -0.25) is 14.9 Å². The topological polar surface area (TPSA) is 126 Å². The minimum Gasteiger partial charge on any atom is -0.459 e. The summed E-state index contributed by atoms with van der Waals surface area (Å²) in [7, 11) is -4.11. The maximum absolute atomic E-state index is 13.4. The van der Waals surface area contributed by atoms with Crippen molar-refractivity contribution in [3.8, 4) is 11.5 Å². The lowest BCUT2D eigenvalue weighted by atomic mass is 10.3. The van der Waals surface area contributed by atoms with Gasteiger partial charge in [-0.15, -0.1) is 0 Å². The zero-order valence-electron chi connectivity index (χ0n) is 16.1. The maximum atomic E-state index is 13.4. The van der Waals surface area contributed by atoms with E-state index in [0.29, 0.717) is 19.6 Å². The molecule has 3 rings (SSSR count). The molecule has 10 nitrogen and oxygen atoms in total. The molecular weight excluding hydrogens is 415 g/mol. The normalized spacial score (nSPS) is 18.8. The third kappa shape index (κ3) is 6.03. The standard InChI is InChI=1S/C19H21N2O8P/c1-14(19(22)27-18-11-12-26-13-18)20-30(25,28-16-5-3-2-4-6-16)29-17-9-7-15(8-10-17)21(23)24/h2-10,14,18H,11-13H2,1H3,(H,20,25). The quantitative estimate of drug-likeness (QED) is 0.272. The molecule has 1 fully saturated rings. The Balaban J connectivity index is 1.75. The SMILES string of the molecule is CC(NP(=O)(Oc1ccccc1)Oc1ccc([N+](=O)[O-])cc1)C(=O)OC1CCOC1. The zero-order valence-corrected chi connectivity index (χ0v) is 17.0. The first kappa shape index (κ1) is 21.8. The molecule has 2 aromatic carbocycles. The van der Waals surface area contributed by atoms with Crippen molar-refractivity contribution in [1.82, 2.24) is 5.09 Å². The lowest BCUT2D eigenvalue weighted by molar-refractivity contribution is -0.384. The van der Waals surface area contributed by atoms with Gasteiger partial charge in [0, 0.05) is 18.6 Å². The second-order valence-corrected chi connectivity index (χ2v) is 8.14. The van der Waals surface area contributed by atoms with Gasteiger partial charge in [0.2, 0.25) is 0 Å². The fourth-order valence-electron chi connectivity index (χ4n) is 2.62. The number of esters is 1. The van der Waals surface area contributed by atoms with E-state index in [1.54, 1.807) is 30.3 Å². The predicted octanol–water partition coefficient (Wildman–Crippen LogP) is 3.47. The molecule has 1 aliphatic heterocycles. The van der Waals surface area contributed by atoms with E-state index in [1.807, 2.05) is 0 Å². The number of benzene rings is 2. The number of nitrogens with zero attached hydrogens (tertiary/aromatic N) is 1. The predicted molar refractivity (Wildman–Crippen MR) is 106 cm³/mol. The highest BCUT2D eigenvalue weighted by atomic mass is 31.2. The number of carbonyl (C=O) groups is 1. The van der Waals surface area contributed by atoms with E-state index in [0.717, 1.165) is 0 Å². The fourth-order valence-corrected chi connectivity index (χ4v) is 4.14. The molecule has 0 aliphatic carbocycles. The van der Waals surface area contributed by atoms with E-state index in [9.17, 15) is 19.5 Å². The van der Waals surface area contributed by atoms with Crippen molar-refractivity contribution >= 4 is 19.4 Å². The minimum absolute atomic E-state index is 0.0668. The summed E-state index contributed by atoms with van der Waals surface area (Å²) in [5, 5.41) is 13.4. The van der Waals surface area contributed by atoms with Crippen LogP contribution in [0.1, 0.15) is 13.3 Å². The molecule has 3 atom stereocenters. The molecule has 0 amide bonds. The van der Waals surface area contributed by atoms with Crippen LogP contribution >= 0.6 is 7.75 Å². The summed E-state index contributed by atoms with van der Waals surface area (Å²) in [5.41, 5.74) is -0.148. The lowest BCUT2D eigenvalue weighted by Gasteiger charge is -2.23. The molecule has 0 aromatic heterocycles. The van der Waals surface area contributed by atoms with Crippen molar-refractivity contribution in [2.75, 3.05) is 13.2 Å². The highest BCUT2D eigenvalue weighted by molar-refractivity contribution is 7.52. The van der Waals surface area contributed by atoms with Gasteiger partial charge in [0.1, 0.15) is 23.6 Å². The average molecular weight is 436 g/mol. The third-order valence-electron chi connectivity index (χ3n) is 4.12. The maximum Gasteiger partial charge on any atom is 0.513 e. The van der Waals surface area contributed by atoms with Gasteiger partial charge in [-0.1, -0.05) is 18.2 Å². The van der Waals surface area contributed by atoms with Crippen molar-refractivity contribution in [3.05, 3.63) is 64.7 Å².